The molecule has 0 bridgehead atoms. The molecule has 0 aliphatic carbocycles. The summed E-state index contributed by atoms with van der Waals surface area (Å²) in [6, 6.07) is 16.3. The number of aromatic nitrogens is 2. The second-order valence-corrected chi connectivity index (χ2v) is 10.1. The van der Waals surface area contributed by atoms with E-state index in [4.69, 9.17) is 10.5 Å². The fraction of sp³-hybridized carbons (Fsp3) is 0.240. The minimum absolute atomic E-state index is 0.0749. The first-order chi connectivity index (χ1) is 16.6. The number of aromatic amines is 1. The highest BCUT2D eigenvalue weighted by Gasteiger charge is 2.30. The number of H-pyrrole nitrogens is 1. The number of anilines is 2. The van der Waals surface area contributed by atoms with E-state index < -0.39 is 24.1 Å². The zero-order valence-electron chi connectivity index (χ0n) is 19.5. The smallest absolute Gasteiger partial charge is 0.399 e. The summed E-state index contributed by atoms with van der Waals surface area (Å²) in [4.78, 5) is 33.7. The number of thiophene rings is 1. The van der Waals surface area contributed by atoms with Crippen molar-refractivity contribution in [2.45, 2.75) is 38.3 Å². The van der Waals surface area contributed by atoms with Crippen LogP contribution in [0.4, 0.5) is 16.4 Å². The molecule has 10 heteroatoms. The van der Waals surface area contributed by atoms with Crippen LogP contribution in [0.5, 0.6) is 5.06 Å². The number of benzene rings is 2. The lowest BCUT2D eigenvalue weighted by Crippen LogP contribution is -2.43. The molecule has 2 unspecified atom stereocenters. The van der Waals surface area contributed by atoms with Gasteiger partial charge in [0.1, 0.15) is 0 Å². The Bertz CT molecular complexity index is 1340. The third-order valence-corrected chi connectivity index (χ3v) is 6.69. The van der Waals surface area contributed by atoms with E-state index >= 15 is 0 Å². The molecule has 0 spiro atoms. The third kappa shape index (κ3) is 5.79. The number of nitrogens with one attached hydrogen (secondary N) is 3. The molecule has 0 radical (unpaired) electrons. The number of nitrogen functional groups attached to an aromatic ring is 1. The SMILES string of the molecule is CC(C)(C)c1ccc(OC(=O)NC(c2ccccc2)C(O)C(=O)Nc2ccc3nc(N)[nH]c3c2)s1. The largest absolute Gasteiger partial charge is 0.413 e. The molecule has 2 atom stereocenters. The first kappa shape index (κ1) is 24.2. The van der Waals surface area contributed by atoms with E-state index in [1.165, 1.54) is 11.3 Å². The second-order valence-electron chi connectivity index (χ2n) is 9.08. The molecule has 2 heterocycles. The van der Waals surface area contributed by atoms with Gasteiger partial charge in [0.25, 0.3) is 5.91 Å². The Morgan fingerprint density at radius 3 is 2.54 bits per heavy atom. The van der Waals surface area contributed by atoms with E-state index in [0.717, 1.165) is 4.88 Å². The van der Waals surface area contributed by atoms with Crippen molar-refractivity contribution in [3.63, 3.8) is 0 Å². The number of ether oxygens (including phenoxy) is 1. The summed E-state index contributed by atoms with van der Waals surface area (Å²) in [6.07, 6.45) is -2.37. The van der Waals surface area contributed by atoms with Crippen molar-refractivity contribution in [2.75, 3.05) is 11.1 Å². The van der Waals surface area contributed by atoms with E-state index in [0.29, 0.717) is 27.3 Å². The molecular formula is C25H27N5O4S. The monoisotopic (exact) mass is 493 g/mol. The van der Waals surface area contributed by atoms with E-state index in [1.54, 1.807) is 54.6 Å². The number of aliphatic hydroxyl groups is 1. The van der Waals surface area contributed by atoms with Gasteiger partial charge in [-0.25, -0.2) is 9.78 Å². The summed E-state index contributed by atoms with van der Waals surface area (Å²) in [5, 5.41) is 16.6. The summed E-state index contributed by atoms with van der Waals surface area (Å²) in [5.74, 6) is -0.437. The van der Waals surface area contributed by atoms with Crippen molar-refractivity contribution in [1.82, 2.24) is 15.3 Å². The van der Waals surface area contributed by atoms with Crippen LogP contribution in [0.25, 0.3) is 11.0 Å². The molecule has 35 heavy (non-hydrogen) atoms. The first-order valence-electron chi connectivity index (χ1n) is 11.0. The normalized spacial score (nSPS) is 13.3. The average molecular weight is 494 g/mol. The Labute approximate surface area is 206 Å². The van der Waals surface area contributed by atoms with Crippen molar-refractivity contribution < 1.29 is 19.4 Å². The Balaban J connectivity index is 1.49. The van der Waals surface area contributed by atoms with Crippen molar-refractivity contribution >= 4 is 46.0 Å². The van der Waals surface area contributed by atoms with Crippen LogP contribution in [0, 0.1) is 0 Å². The third-order valence-electron chi connectivity index (χ3n) is 5.30. The summed E-state index contributed by atoms with van der Waals surface area (Å²) in [6.45, 7) is 6.21. The Morgan fingerprint density at radius 2 is 1.86 bits per heavy atom. The molecular weight excluding hydrogens is 466 g/mol. The van der Waals surface area contributed by atoms with Crippen LogP contribution >= 0.6 is 11.3 Å². The van der Waals surface area contributed by atoms with Crippen LogP contribution in [-0.4, -0.2) is 33.2 Å². The number of imidazole rings is 1. The second kappa shape index (κ2) is 9.77. The highest BCUT2D eigenvalue weighted by atomic mass is 32.1. The zero-order chi connectivity index (χ0) is 25.2. The molecule has 0 aliphatic rings. The van der Waals surface area contributed by atoms with E-state index in [2.05, 4.69) is 41.4 Å². The van der Waals surface area contributed by atoms with Gasteiger partial charge in [0.05, 0.1) is 17.1 Å². The topological polar surface area (TPSA) is 142 Å². The molecule has 4 rings (SSSR count). The molecule has 4 aromatic rings. The van der Waals surface area contributed by atoms with Crippen LogP contribution in [0.3, 0.4) is 0 Å². The molecule has 9 nitrogen and oxygen atoms in total. The van der Waals surface area contributed by atoms with Crippen molar-refractivity contribution in [3.05, 3.63) is 71.1 Å². The van der Waals surface area contributed by atoms with Gasteiger partial charge in [-0.1, -0.05) is 51.1 Å². The fourth-order valence-electron chi connectivity index (χ4n) is 3.51. The van der Waals surface area contributed by atoms with Crippen LogP contribution in [0.1, 0.15) is 37.3 Å². The van der Waals surface area contributed by atoms with Gasteiger partial charge in [-0.05, 0) is 41.3 Å². The van der Waals surface area contributed by atoms with Crippen LogP contribution < -0.4 is 21.1 Å². The van der Waals surface area contributed by atoms with E-state index in [9.17, 15) is 14.7 Å². The zero-order valence-corrected chi connectivity index (χ0v) is 20.3. The van der Waals surface area contributed by atoms with Gasteiger partial charge in [0.15, 0.2) is 17.1 Å². The Hall–Kier alpha value is -3.89. The lowest BCUT2D eigenvalue weighted by atomic mass is 9.95. The maximum Gasteiger partial charge on any atom is 0.413 e. The number of carbonyl (C=O) groups excluding carboxylic acids is 2. The lowest BCUT2D eigenvalue weighted by molar-refractivity contribution is -0.125. The lowest BCUT2D eigenvalue weighted by Gasteiger charge is -2.23. The van der Waals surface area contributed by atoms with Crippen LogP contribution in [0.2, 0.25) is 0 Å². The van der Waals surface area contributed by atoms with Gasteiger partial charge < -0.3 is 31.2 Å². The number of carbonyl (C=O) groups is 2. The molecule has 2 aromatic carbocycles. The van der Waals surface area contributed by atoms with Gasteiger partial charge >= 0.3 is 6.09 Å². The summed E-state index contributed by atoms with van der Waals surface area (Å²) < 4.78 is 5.44. The van der Waals surface area contributed by atoms with Crippen LogP contribution in [-0.2, 0) is 10.2 Å². The Kier molecular flexibility index (Phi) is 6.77. The minimum atomic E-state index is -1.60. The highest BCUT2D eigenvalue weighted by Crippen LogP contribution is 2.34. The summed E-state index contributed by atoms with van der Waals surface area (Å²) >= 11 is 1.37. The summed E-state index contributed by atoms with van der Waals surface area (Å²) in [5.41, 5.74) is 7.87. The molecule has 0 fully saturated rings. The predicted octanol–water partition coefficient (Wildman–Crippen LogP) is 4.33. The van der Waals surface area contributed by atoms with E-state index in [-0.39, 0.29) is 11.4 Å². The molecule has 6 N–H and O–H groups in total. The molecule has 2 amide bonds. The number of nitrogens with two attached hydrogens (primary N) is 1. The van der Waals surface area contributed by atoms with Crippen molar-refractivity contribution in [2.24, 2.45) is 0 Å². The quantitative estimate of drug-likeness (QED) is 0.271. The van der Waals surface area contributed by atoms with E-state index in [1.807, 2.05) is 6.07 Å². The van der Waals surface area contributed by atoms with Gasteiger partial charge in [0.2, 0.25) is 0 Å². The van der Waals surface area contributed by atoms with Crippen molar-refractivity contribution in [1.29, 1.82) is 0 Å². The van der Waals surface area contributed by atoms with Gasteiger partial charge in [-0.3, -0.25) is 4.79 Å². The van der Waals surface area contributed by atoms with Gasteiger partial charge in [-0.2, -0.15) is 0 Å². The number of rotatable bonds is 6. The molecule has 182 valence electrons. The predicted molar refractivity (Wildman–Crippen MR) is 137 cm³/mol. The average Bonchev–Trinajstić information content (AvgIpc) is 3.43. The number of hydrogen-bond acceptors (Lipinski definition) is 7. The fourth-order valence-corrected chi connectivity index (χ4v) is 4.42. The highest BCUT2D eigenvalue weighted by molar-refractivity contribution is 7.14. The maximum atomic E-state index is 12.9. The number of amides is 2. The maximum absolute atomic E-state index is 12.9. The van der Waals surface area contributed by atoms with Crippen LogP contribution in [0.15, 0.2) is 60.7 Å². The summed E-state index contributed by atoms with van der Waals surface area (Å²) in [7, 11) is 0. The van der Waals surface area contributed by atoms with Gasteiger partial charge in [-0.15, -0.1) is 11.3 Å². The molecule has 0 saturated heterocycles. The minimum Gasteiger partial charge on any atom is -0.399 e. The number of hydrogen-bond donors (Lipinski definition) is 5. The number of aliphatic hydroxyl groups excluding tert-OH is 1. The molecule has 2 aromatic heterocycles. The number of nitrogens with zero attached hydrogens (tertiary/aromatic N) is 1. The Morgan fingerprint density at radius 1 is 1.11 bits per heavy atom. The van der Waals surface area contributed by atoms with Gasteiger partial charge in [0, 0.05) is 10.6 Å². The molecule has 0 saturated carbocycles. The van der Waals surface area contributed by atoms with Crippen molar-refractivity contribution in [3.8, 4) is 5.06 Å². The number of fused-ring (bicyclic) bond motifs is 1. The standard InChI is InChI=1S/C25H27N5O4S/c1-25(2,3)18-11-12-19(35-18)34-24(33)30-20(14-7-5-4-6-8-14)21(31)22(32)27-15-9-10-16-17(13-15)29-23(26)28-16/h4-13,20-21,31H,1-3H3,(H,27,32)(H,30,33)(H3,26,28,29). The molecule has 0 aliphatic heterocycles. The first-order valence-corrected chi connectivity index (χ1v) is 11.8.